The van der Waals surface area contributed by atoms with Crippen molar-refractivity contribution in [2.45, 2.75) is 6.92 Å². The molecule has 0 radical (unpaired) electrons. The second-order valence-electron chi connectivity index (χ2n) is 5.13. The lowest BCUT2D eigenvalue weighted by Crippen LogP contribution is -2.01. The van der Waals surface area contributed by atoms with Crippen LogP contribution in [0.2, 0.25) is 0 Å². The number of fused-ring (bicyclic) bond motifs is 1. The van der Waals surface area contributed by atoms with E-state index in [1.807, 2.05) is 36.9 Å². The molecular formula is C17H16N2O. The Hall–Kier alpha value is -2.55. The molecule has 0 aliphatic carbocycles. The summed E-state index contributed by atoms with van der Waals surface area (Å²) in [6.07, 6.45) is 1.88. The zero-order valence-electron chi connectivity index (χ0n) is 11.6. The number of rotatable bonds is 2. The SMILES string of the molecule is Cc1ccc2c(C(=O)c3cccc(N)c3)cn(C)c2c1. The minimum atomic E-state index is 0.00625. The standard InChI is InChI=1S/C17H16N2O/c1-11-6-7-14-15(10-19(2)16(14)8-11)17(20)12-4-3-5-13(18)9-12/h3-10H,18H2,1-2H3. The van der Waals surface area contributed by atoms with E-state index >= 15 is 0 Å². The first kappa shape index (κ1) is 12.5. The van der Waals surface area contributed by atoms with Gasteiger partial charge in [-0.1, -0.05) is 24.3 Å². The quantitative estimate of drug-likeness (QED) is 0.570. The average molecular weight is 264 g/mol. The van der Waals surface area contributed by atoms with Crippen molar-refractivity contribution in [2.75, 3.05) is 5.73 Å². The molecule has 0 aliphatic heterocycles. The maximum Gasteiger partial charge on any atom is 0.195 e. The average Bonchev–Trinajstić information content (AvgIpc) is 2.75. The van der Waals surface area contributed by atoms with Crippen LogP contribution >= 0.6 is 0 Å². The first-order chi connectivity index (χ1) is 9.56. The molecule has 0 atom stereocenters. The van der Waals surface area contributed by atoms with Crippen molar-refractivity contribution in [1.82, 2.24) is 4.57 Å². The predicted octanol–water partition coefficient (Wildman–Crippen LogP) is 3.30. The summed E-state index contributed by atoms with van der Waals surface area (Å²) >= 11 is 0. The van der Waals surface area contributed by atoms with E-state index in [4.69, 9.17) is 5.73 Å². The number of aromatic nitrogens is 1. The molecule has 2 aromatic carbocycles. The highest BCUT2D eigenvalue weighted by atomic mass is 16.1. The van der Waals surface area contributed by atoms with E-state index in [9.17, 15) is 4.79 Å². The Balaban J connectivity index is 2.17. The Morgan fingerprint density at radius 3 is 2.70 bits per heavy atom. The van der Waals surface area contributed by atoms with E-state index in [1.165, 1.54) is 5.56 Å². The van der Waals surface area contributed by atoms with Crippen molar-refractivity contribution in [3.8, 4) is 0 Å². The Morgan fingerprint density at radius 1 is 1.15 bits per heavy atom. The Bertz CT molecular complexity index is 815. The minimum Gasteiger partial charge on any atom is -0.399 e. The maximum atomic E-state index is 12.6. The number of hydrogen-bond donors (Lipinski definition) is 1. The first-order valence-electron chi connectivity index (χ1n) is 6.52. The van der Waals surface area contributed by atoms with Crippen LogP contribution in [0.4, 0.5) is 5.69 Å². The van der Waals surface area contributed by atoms with Gasteiger partial charge in [-0.2, -0.15) is 0 Å². The molecule has 3 aromatic rings. The lowest BCUT2D eigenvalue weighted by molar-refractivity contribution is 0.104. The highest BCUT2D eigenvalue weighted by Crippen LogP contribution is 2.24. The summed E-state index contributed by atoms with van der Waals surface area (Å²) in [5, 5.41) is 0.977. The number of nitrogen functional groups attached to an aromatic ring is 1. The number of hydrogen-bond acceptors (Lipinski definition) is 2. The number of nitrogens with zero attached hydrogens (tertiary/aromatic N) is 1. The molecule has 0 bridgehead atoms. The van der Waals surface area contributed by atoms with Crippen molar-refractivity contribution in [2.24, 2.45) is 7.05 Å². The van der Waals surface area contributed by atoms with Crippen molar-refractivity contribution in [3.05, 3.63) is 65.4 Å². The lowest BCUT2D eigenvalue weighted by atomic mass is 10.0. The number of nitrogens with two attached hydrogens (primary N) is 1. The number of anilines is 1. The largest absolute Gasteiger partial charge is 0.399 e. The normalized spacial score (nSPS) is 10.9. The van der Waals surface area contributed by atoms with E-state index in [2.05, 4.69) is 6.07 Å². The summed E-state index contributed by atoms with van der Waals surface area (Å²) in [6, 6.07) is 13.2. The molecule has 20 heavy (non-hydrogen) atoms. The van der Waals surface area contributed by atoms with Crippen molar-refractivity contribution in [3.63, 3.8) is 0 Å². The van der Waals surface area contributed by atoms with Crippen molar-refractivity contribution in [1.29, 1.82) is 0 Å². The Kier molecular flexibility index (Phi) is 2.83. The van der Waals surface area contributed by atoms with Crippen LogP contribution in [0.15, 0.2) is 48.7 Å². The second-order valence-corrected chi connectivity index (χ2v) is 5.13. The van der Waals surface area contributed by atoms with Gasteiger partial charge in [-0.3, -0.25) is 4.79 Å². The summed E-state index contributed by atoms with van der Waals surface area (Å²) in [7, 11) is 1.96. The van der Waals surface area contributed by atoms with E-state index in [0.717, 1.165) is 10.9 Å². The van der Waals surface area contributed by atoms with Gasteiger partial charge in [0.25, 0.3) is 0 Å². The summed E-state index contributed by atoms with van der Waals surface area (Å²) in [5.41, 5.74) is 9.95. The zero-order chi connectivity index (χ0) is 14.3. The van der Waals surface area contributed by atoms with Crippen molar-refractivity contribution < 1.29 is 4.79 Å². The maximum absolute atomic E-state index is 12.6. The van der Waals surface area contributed by atoms with Gasteiger partial charge in [0.1, 0.15) is 0 Å². The Morgan fingerprint density at radius 2 is 1.95 bits per heavy atom. The molecule has 100 valence electrons. The molecule has 0 amide bonds. The number of carbonyl (C=O) groups excluding carboxylic acids is 1. The second kappa shape index (κ2) is 4.53. The van der Waals surface area contributed by atoms with Gasteiger partial charge in [-0.15, -0.1) is 0 Å². The number of aryl methyl sites for hydroxylation is 2. The lowest BCUT2D eigenvalue weighted by Gasteiger charge is -2.01. The molecule has 1 aromatic heterocycles. The zero-order valence-corrected chi connectivity index (χ0v) is 11.6. The third-order valence-corrected chi connectivity index (χ3v) is 3.54. The summed E-state index contributed by atoms with van der Waals surface area (Å²) < 4.78 is 1.99. The van der Waals surface area contributed by atoms with Crippen molar-refractivity contribution >= 4 is 22.4 Å². The van der Waals surface area contributed by atoms with Gasteiger partial charge in [-0.25, -0.2) is 0 Å². The van der Waals surface area contributed by atoms with E-state index in [0.29, 0.717) is 16.8 Å². The van der Waals surface area contributed by atoms with Gasteiger partial charge < -0.3 is 10.3 Å². The topological polar surface area (TPSA) is 48.0 Å². The molecule has 0 saturated heterocycles. The van der Waals surface area contributed by atoms with Crippen LogP contribution in [0.1, 0.15) is 21.5 Å². The summed E-state index contributed by atoms with van der Waals surface area (Å²) in [6.45, 7) is 2.05. The highest BCUT2D eigenvalue weighted by Gasteiger charge is 2.15. The molecule has 3 nitrogen and oxygen atoms in total. The fourth-order valence-corrected chi connectivity index (χ4v) is 2.51. The van der Waals surface area contributed by atoms with E-state index in [1.54, 1.807) is 24.3 Å². The predicted molar refractivity (Wildman–Crippen MR) is 81.9 cm³/mol. The van der Waals surface area contributed by atoms with Crippen LogP contribution in [0.25, 0.3) is 10.9 Å². The number of ketones is 1. The van der Waals surface area contributed by atoms with Gasteiger partial charge in [0, 0.05) is 41.0 Å². The van der Waals surface area contributed by atoms with Gasteiger partial charge in [0.2, 0.25) is 0 Å². The summed E-state index contributed by atoms with van der Waals surface area (Å²) in [5.74, 6) is 0.00625. The molecule has 0 saturated carbocycles. The Labute approximate surface area is 117 Å². The number of carbonyl (C=O) groups is 1. The third-order valence-electron chi connectivity index (χ3n) is 3.54. The molecule has 0 spiro atoms. The first-order valence-corrected chi connectivity index (χ1v) is 6.52. The molecule has 0 fully saturated rings. The fraction of sp³-hybridized carbons (Fsp3) is 0.118. The van der Waals surface area contributed by atoms with Gasteiger partial charge in [0.05, 0.1) is 0 Å². The molecule has 0 unspecified atom stereocenters. The molecule has 3 heteroatoms. The van der Waals surface area contributed by atoms with Gasteiger partial charge in [0.15, 0.2) is 5.78 Å². The smallest absolute Gasteiger partial charge is 0.195 e. The van der Waals surface area contributed by atoms with Crippen LogP contribution in [0, 0.1) is 6.92 Å². The number of benzene rings is 2. The van der Waals surface area contributed by atoms with Gasteiger partial charge in [-0.05, 0) is 30.7 Å². The highest BCUT2D eigenvalue weighted by molar-refractivity contribution is 6.16. The molecule has 2 N–H and O–H groups in total. The molecular weight excluding hydrogens is 248 g/mol. The van der Waals surface area contributed by atoms with Crippen LogP contribution in [-0.4, -0.2) is 10.4 Å². The van der Waals surface area contributed by atoms with Crippen LogP contribution in [-0.2, 0) is 7.05 Å². The fourth-order valence-electron chi connectivity index (χ4n) is 2.51. The third kappa shape index (κ3) is 1.97. The van der Waals surface area contributed by atoms with Crippen LogP contribution in [0.5, 0.6) is 0 Å². The minimum absolute atomic E-state index is 0.00625. The molecule has 0 aliphatic rings. The van der Waals surface area contributed by atoms with E-state index < -0.39 is 0 Å². The van der Waals surface area contributed by atoms with Crippen LogP contribution < -0.4 is 5.73 Å². The van der Waals surface area contributed by atoms with Crippen LogP contribution in [0.3, 0.4) is 0 Å². The van der Waals surface area contributed by atoms with Gasteiger partial charge >= 0.3 is 0 Å². The monoisotopic (exact) mass is 264 g/mol. The van der Waals surface area contributed by atoms with E-state index in [-0.39, 0.29) is 5.78 Å². The molecule has 3 rings (SSSR count). The molecule has 1 heterocycles. The summed E-state index contributed by atoms with van der Waals surface area (Å²) in [4.78, 5) is 12.6.